The molecule has 1 radical (unpaired) electrons. The van der Waals surface area contributed by atoms with Gasteiger partial charge in [0.15, 0.2) is 0 Å². The summed E-state index contributed by atoms with van der Waals surface area (Å²) in [6.45, 7) is 5.27. The Morgan fingerprint density at radius 2 is 2.07 bits per heavy atom. The first kappa shape index (κ1) is 11.8. The minimum Gasteiger partial charge on any atom is -0.314 e. The Bertz CT molecular complexity index is 179. The second-order valence-corrected chi connectivity index (χ2v) is 3.94. The molecule has 1 unspecified atom stereocenters. The maximum atomic E-state index is 12.6. The summed E-state index contributed by atoms with van der Waals surface area (Å²) >= 11 is 0. The van der Waals surface area contributed by atoms with Crippen LogP contribution >= 0.6 is 0 Å². The van der Waals surface area contributed by atoms with Crippen LogP contribution in [-0.2, 0) is 0 Å². The van der Waals surface area contributed by atoms with E-state index in [0.717, 1.165) is 5.92 Å². The molecule has 0 bridgehead atoms. The van der Waals surface area contributed by atoms with Crippen LogP contribution in [0, 0.1) is 5.92 Å². The first-order chi connectivity index (χ1) is 6.41. The largest absolute Gasteiger partial charge is 0.405 e. The lowest BCUT2D eigenvalue weighted by molar-refractivity contribution is -0.186. The van der Waals surface area contributed by atoms with Crippen LogP contribution in [0.2, 0.25) is 0 Å². The molecule has 5 heteroatoms. The lowest BCUT2D eigenvalue weighted by atomic mass is 10.1. The standard InChI is InChI=1S/C9H16F3N2/c1-7(2)6-14-4-3-13-5-8(14)9(10,11)12/h8,13H,3-6H2,1-2H3. The number of rotatable bonds is 2. The minimum absolute atomic E-state index is 0.0107. The lowest BCUT2D eigenvalue weighted by Crippen LogP contribution is -2.58. The fourth-order valence-corrected chi connectivity index (χ4v) is 1.66. The van der Waals surface area contributed by atoms with E-state index in [2.05, 4.69) is 5.32 Å². The Morgan fingerprint density at radius 1 is 1.43 bits per heavy atom. The molecular weight excluding hydrogens is 193 g/mol. The fourth-order valence-electron chi connectivity index (χ4n) is 1.66. The maximum absolute atomic E-state index is 12.6. The zero-order chi connectivity index (χ0) is 10.8. The van der Waals surface area contributed by atoms with Crippen LogP contribution in [0.4, 0.5) is 13.2 Å². The number of alkyl halides is 3. The third-order valence-electron chi connectivity index (χ3n) is 2.25. The molecule has 0 aromatic heterocycles. The highest BCUT2D eigenvalue weighted by Gasteiger charge is 2.44. The van der Waals surface area contributed by atoms with Crippen molar-refractivity contribution in [1.82, 2.24) is 10.2 Å². The summed E-state index contributed by atoms with van der Waals surface area (Å²) < 4.78 is 37.7. The SMILES string of the molecule is C[C](C)CN1CCNCC1C(F)(F)F. The molecule has 1 saturated heterocycles. The van der Waals surface area contributed by atoms with E-state index in [9.17, 15) is 13.2 Å². The van der Waals surface area contributed by atoms with Gasteiger partial charge in [-0.15, -0.1) is 0 Å². The van der Waals surface area contributed by atoms with Gasteiger partial charge in [0.1, 0.15) is 6.04 Å². The van der Waals surface area contributed by atoms with Crippen LogP contribution in [-0.4, -0.2) is 43.3 Å². The summed E-state index contributed by atoms with van der Waals surface area (Å²) in [5, 5.41) is 2.77. The highest BCUT2D eigenvalue weighted by molar-refractivity contribution is 4.91. The lowest BCUT2D eigenvalue weighted by Gasteiger charge is -2.37. The summed E-state index contributed by atoms with van der Waals surface area (Å²) in [5.74, 6) is 1.01. The van der Waals surface area contributed by atoms with Gasteiger partial charge in [-0.1, -0.05) is 13.8 Å². The molecule has 1 aliphatic rings. The molecule has 1 rings (SSSR count). The molecule has 0 saturated carbocycles. The van der Waals surface area contributed by atoms with Gasteiger partial charge in [-0.25, -0.2) is 0 Å². The van der Waals surface area contributed by atoms with E-state index >= 15 is 0 Å². The van der Waals surface area contributed by atoms with Crippen molar-refractivity contribution in [3.05, 3.63) is 5.92 Å². The van der Waals surface area contributed by atoms with Gasteiger partial charge in [-0.2, -0.15) is 13.2 Å². The van der Waals surface area contributed by atoms with E-state index in [-0.39, 0.29) is 6.54 Å². The second kappa shape index (κ2) is 4.49. The maximum Gasteiger partial charge on any atom is 0.405 e. The van der Waals surface area contributed by atoms with Crippen molar-refractivity contribution in [2.45, 2.75) is 26.1 Å². The molecule has 1 atom stereocenters. The first-order valence-electron chi connectivity index (χ1n) is 4.72. The number of piperazine rings is 1. The normalized spacial score (nSPS) is 25.7. The van der Waals surface area contributed by atoms with Crippen molar-refractivity contribution in [2.75, 3.05) is 26.2 Å². The van der Waals surface area contributed by atoms with Crippen LogP contribution < -0.4 is 5.32 Å². The summed E-state index contributed by atoms with van der Waals surface area (Å²) in [6.07, 6.45) is -4.12. The van der Waals surface area contributed by atoms with E-state index < -0.39 is 12.2 Å². The van der Waals surface area contributed by atoms with Gasteiger partial charge in [0, 0.05) is 26.2 Å². The molecule has 2 nitrogen and oxygen atoms in total. The number of halogens is 3. The van der Waals surface area contributed by atoms with Crippen LogP contribution in [0.5, 0.6) is 0 Å². The third-order valence-corrected chi connectivity index (χ3v) is 2.25. The monoisotopic (exact) mass is 209 g/mol. The van der Waals surface area contributed by atoms with Gasteiger partial charge in [0.25, 0.3) is 0 Å². The van der Waals surface area contributed by atoms with Gasteiger partial charge < -0.3 is 5.32 Å². The quantitative estimate of drug-likeness (QED) is 0.740. The Kier molecular flexibility index (Phi) is 3.78. The van der Waals surface area contributed by atoms with Crippen molar-refractivity contribution < 1.29 is 13.2 Å². The Hall–Kier alpha value is -0.290. The summed E-state index contributed by atoms with van der Waals surface area (Å²) in [4.78, 5) is 1.49. The Balaban J connectivity index is 2.59. The molecule has 0 amide bonds. The molecule has 0 aliphatic carbocycles. The topological polar surface area (TPSA) is 15.3 Å². The fraction of sp³-hybridized carbons (Fsp3) is 0.889. The van der Waals surface area contributed by atoms with Crippen molar-refractivity contribution in [3.8, 4) is 0 Å². The van der Waals surface area contributed by atoms with Gasteiger partial charge in [-0.05, 0) is 5.92 Å². The number of hydrogen-bond acceptors (Lipinski definition) is 2. The van der Waals surface area contributed by atoms with Crippen LogP contribution in [0.3, 0.4) is 0 Å². The van der Waals surface area contributed by atoms with E-state index in [0.29, 0.717) is 19.6 Å². The predicted octanol–water partition coefficient (Wildman–Crippen LogP) is 1.44. The average Bonchev–Trinajstić information content (AvgIpc) is 2.01. The number of nitrogens with zero attached hydrogens (tertiary/aromatic N) is 1. The molecule has 1 N–H and O–H groups in total. The van der Waals surface area contributed by atoms with Crippen molar-refractivity contribution in [1.29, 1.82) is 0 Å². The first-order valence-corrected chi connectivity index (χ1v) is 4.72. The molecule has 0 aromatic carbocycles. The van der Waals surface area contributed by atoms with E-state index in [1.54, 1.807) is 0 Å². The van der Waals surface area contributed by atoms with Gasteiger partial charge in [0.2, 0.25) is 0 Å². The van der Waals surface area contributed by atoms with Crippen LogP contribution in [0.15, 0.2) is 0 Å². The highest BCUT2D eigenvalue weighted by atomic mass is 19.4. The molecule has 1 heterocycles. The second-order valence-electron chi connectivity index (χ2n) is 3.94. The molecule has 1 aliphatic heterocycles. The molecule has 0 aromatic rings. The van der Waals surface area contributed by atoms with E-state index in [1.165, 1.54) is 4.90 Å². The van der Waals surface area contributed by atoms with Crippen molar-refractivity contribution in [3.63, 3.8) is 0 Å². The van der Waals surface area contributed by atoms with Crippen LogP contribution in [0.25, 0.3) is 0 Å². The number of hydrogen-bond donors (Lipinski definition) is 1. The minimum atomic E-state index is -4.12. The highest BCUT2D eigenvalue weighted by Crippen LogP contribution is 2.26. The Labute approximate surface area is 82.5 Å². The average molecular weight is 209 g/mol. The predicted molar refractivity (Wildman–Crippen MR) is 48.9 cm³/mol. The smallest absolute Gasteiger partial charge is 0.314 e. The molecule has 83 valence electrons. The summed E-state index contributed by atoms with van der Waals surface area (Å²) in [6, 6.07) is -1.33. The summed E-state index contributed by atoms with van der Waals surface area (Å²) in [5.41, 5.74) is 0. The van der Waals surface area contributed by atoms with E-state index in [4.69, 9.17) is 0 Å². The van der Waals surface area contributed by atoms with Crippen LogP contribution in [0.1, 0.15) is 13.8 Å². The molecule has 14 heavy (non-hydrogen) atoms. The van der Waals surface area contributed by atoms with Crippen molar-refractivity contribution >= 4 is 0 Å². The van der Waals surface area contributed by atoms with Gasteiger partial charge in [-0.3, -0.25) is 4.90 Å². The molecule has 0 spiro atoms. The summed E-state index contributed by atoms with van der Waals surface area (Å²) in [7, 11) is 0. The Morgan fingerprint density at radius 3 is 2.57 bits per heavy atom. The molecular formula is C9H16F3N2. The number of nitrogens with one attached hydrogen (secondary N) is 1. The van der Waals surface area contributed by atoms with Gasteiger partial charge >= 0.3 is 6.18 Å². The zero-order valence-electron chi connectivity index (χ0n) is 8.49. The molecule has 1 fully saturated rings. The van der Waals surface area contributed by atoms with Crippen molar-refractivity contribution in [2.24, 2.45) is 0 Å². The van der Waals surface area contributed by atoms with Gasteiger partial charge in [0.05, 0.1) is 0 Å². The van der Waals surface area contributed by atoms with E-state index in [1.807, 2.05) is 13.8 Å². The third kappa shape index (κ3) is 3.13. The zero-order valence-corrected chi connectivity index (χ0v) is 8.49.